The van der Waals surface area contributed by atoms with E-state index in [9.17, 15) is 4.79 Å². The Balaban J connectivity index is 2.05. The third-order valence-electron chi connectivity index (χ3n) is 3.46. The third-order valence-corrected chi connectivity index (χ3v) is 3.46. The molecule has 0 unspecified atom stereocenters. The number of amides is 1. The quantitative estimate of drug-likeness (QED) is 0.664. The van der Waals surface area contributed by atoms with E-state index in [1.165, 1.54) is 0 Å². The van der Waals surface area contributed by atoms with Gasteiger partial charge < -0.3 is 15.4 Å². The minimum Gasteiger partial charge on any atom is -0.494 e. The first-order valence-electron chi connectivity index (χ1n) is 7.12. The smallest absolute Gasteiger partial charge is 0.254 e. The average Bonchev–Trinajstić information content (AvgIpc) is 2.47. The van der Waals surface area contributed by atoms with Crippen LogP contribution in [0.3, 0.4) is 0 Å². The molecule has 5 heteroatoms. The molecule has 0 saturated carbocycles. The van der Waals surface area contributed by atoms with Gasteiger partial charge in [0.05, 0.1) is 13.2 Å². The van der Waals surface area contributed by atoms with E-state index in [0.29, 0.717) is 43.2 Å². The Morgan fingerprint density at radius 2 is 2.05 bits per heavy atom. The zero-order valence-corrected chi connectivity index (χ0v) is 12.3. The van der Waals surface area contributed by atoms with Crippen LogP contribution >= 0.6 is 0 Å². The largest absolute Gasteiger partial charge is 0.494 e. The van der Waals surface area contributed by atoms with Crippen molar-refractivity contribution in [3.05, 3.63) is 23.8 Å². The van der Waals surface area contributed by atoms with Gasteiger partial charge in [-0.3, -0.25) is 9.69 Å². The monoisotopic (exact) mass is 287 g/mol. The number of hydrogen-bond donors (Lipinski definition) is 1. The molecule has 1 aromatic rings. The summed E-state index contributed by atoms with van der Waals surface area (Å²) < 4.78 is 5.43. The Morgan fingerprint density at radius 1 is 1.33 bits per heavy atom. The predicted octanol–water partition coefficient (Wildman–Crippen LogP) is 1.06. The van der Waals surface area contributed by atoms with Gasteiger partial charge in [-0.25, -0.2) is 0 Å². The molecule has 2 N–H and O–H groups in total. The molecule has 21 heavy (non-hydrogen) atoms. The van der Waals surface area contributed by atoms with Crippen molar-refractivity contribution in [2.24, 2.45) is 0 Å². The lowest BCUT2D eigenvalue weighted by Crippen LogP contribution is -2.48. The highest BCUT2D eigenvalue weighted by molar-refractivity contribution is 5.95. The van der Waals surface area contributed by atoms with Crippen LogP contribution < -0.4 is 10.5 Å². The second kappa shape index (κ2) is 7.00. The van der Waals surface area contributed by atoms with Crippen LogP contribution in [0.4, 0.5) is 5.69 Å². The van der Waals surface area contributed by atoms with Gasteiger partial charge in [0, 0.05) is 43.5 Å². The van der Waals surface area contributed by atoms with E-state index >= 15 is 0 Å². The minimum atomic E-state index is -0.0105. The molecule has 1 saturated heterocycles. The summed E-state index contributed by atoms with van der Waals surface area (Å²) in [6.07, 6.45) is 5.31. The summed E-state index contributed by atoms with van der Waals surface area (Å²) in [7, 11) is 0. The molecule has 0 aromatic heterocycles. The van der Waals surface area contributed by atoms with Crippen molar-refractivity contribution >= 4 is 11.6 Å². The first kappa shape index (κ1) is 15.2. The lowest BCUT2D eigenvalue weighted by molar-refractivity contribution is 0.0652. The number of rotatable bonds is 4. The van der Waals surface area contributed by atoms with Crippen molar-refractivity contribution in [2.45, 2.75) is 6.92 Å². The first-order valence-corrected chi connectivity index (χ1v) is 7.12. The van der Waals surface area contributed by atoms with Gasteiger partial charge >= 0.3 is 0 Å². The summed E-state index contributed by atoms with van der Waals surface area (Å²) in [6, 6.07) is 5.17. The van der Waals surface area contributed by atoms with Crippen molar-refractivity contribution < 1.29 is 9.53 Å². The van der Waals surface area contributed by atoms with Crippen LogP contribution in [0.1, 0.15) is 17.3 Å². The summed E-state index contributed by atoms with van der Waals surface area (Å²) >= 11 is 0. The standard InChI is InChI=1S/C16H21N3O2/c1-3-5-18-6-8-19(9-7-18)16(20)13-10-14(17)12-15(11-13)21-4-2/h1,10-12H,4-9,17H2,2H3. The highest BCUT2D eigenvalue weighted by atomic mass is 16.5. The van der Waals surface area contributed by atoms with Crippen molar-refractivity contribution in [1.29, 1.82) is 0 Å². The van der Waals surface area contributed by atoms with Gasteiger partial charge in [0.1, 0.15) is 5.75 Å². The third kappa shape index (κ3) is 3.89. The summed E-state index contributed by atoms with van der Waals surface area (Å²) in [6.45, 7) is 6.04. The van der Waals surface area contributed by atoms with Crippen LogP contribution in [0.15, 0.2) is 18.2 Å². The molecule has 0 radical (unpaired) electrons. The van der Waals surface area contributed by atoms with Gasteiger partial charge in [-0.2, -0.15) is 0 Å². The van der Waals surface area contributed by atoms with Gasteiger partial charge in [-0.05, 0) is 19.1 Å². The zero-order chi connectivity index (χ0) is 15.2. The maximum absolute atomic E-state index is 12.5. The van der Waals surface area contributed by atoms with Gasteiger partial charge in [-0.1, -0.05) is 5.92 Å². The van der Waals surface area contributed by atoms with E-state index in [-0.39, 0.29) is 5.91 Å². The van der Waals surface area contributed by atoms with E-state index in [2.05, 4.69) is 10.8 Å². The Bertz CT molecular complexity index is 543. The fourth-order valence-corrected chi connectivity index (χ4v) is 2.42. The number of hydrogen-bond acceptors (Lipinski definition) is 4. The molecule has 0 atom stereocenters. The number of piperazine rings is 1. The van der Waals surface area contributed by atoms with Crippen LogP contribution in [-0.2, 0) is 0 Å². The van der Waals surface area contributed by atoms with Crippen molar-refractivity contribution in [3.8, 4) is 18.1 Å². The summed E-state index contributed by atoms with van der Waals surface area (Å²) in [5, 5.41) is 0. The molecular formula is C16H21N3O2. The number of anilines is 1. The van der Waals surface area contributed by atoms with Gasteiger partial charge in [-0.15, -0.1) is 6.42 Å². The summed E-state index contributed by atoms with van der Waals surface area (Å²) in [5.41, 5.74) is 6.95. The van der Waals surface area contributed by atoms with Gasteiger partial charge in [0.15, 0.2) is 0 Å². The lowest BCUT2D eigenvalue weighted by Gasteiger charge is -2.33. The van der Waals surface area contributed by atoms with Crippen molar-refractivity contribution in [3.63, 3.8) is 0 Å². The molecule has 1 fully saturated rings. The molecule has 1 heterocycles. The van der Waals surface area contributed by atoms with E-state index in [1.54, 1.807) is 18.2 Å². The number of nitrogens with two attached hydrogens (primary N) is 1. The van der Waals surface area contributed by atoms with Gasteiger partial charge in [0.25, 0.3) is 5.91 Å². The van der Waals surface area contributed by atoms with Crippen LogP contribution in [-0.4, -0.2) is 55.0 Å². The van der Waals surface area contributed by atoms with E-state index in [1.807, 2.05) is 11.8 Å². The lowest BCUT2D eigenvalue weighted by atomic mass is 10.1. The number of terminal acetylenes is 1. The zero-order valence-electron chi connectivity index (χ0n) is 12.3. The summed E-state index contributed by atoms with van der Waals surface area (Å²) in [4.78, 5) is 16.5. The number of benzene rings is 1. The molecule has 112 valence electrons. The number of ether oxygens (including phenoxy) is 1. The van der Waals surface area contributed by atoms with Crippen LogP contribution in [0.25, 0.3) is 0 Å². The summed E-state index contributed by atoms with van der Waals surface area (Å²) in [5.74, 6) is 3.25. The number of nitrogens with zero attached hydrogens (tertiary/aromatic N) is 2. The maximum atomic E-state index is 12.5. The van der Waals surface area contributed by atoms with Crippen LogP contribution in [0.2, 0.25) is 0 Å². The Hall–Kier alpha value is -2.19. The number of carbonyl (C=O) groups excluding carboxylic acids is 1. The molecule has 1 aliphatic heterocycles. The van der Waals surface area contributed by atoms with E-state index in [0.717, 1.165) is 13.1 Å². The molecule has 1 aromatic carbocycles. The fourth-order valence-electron chi connectivity index (χ4n) is 2.42. The van der Waals surface area contributed by atoms with E-state index < -0.39 is 0 Å². The first-order chi connectivity index (χ1) is 10.1. The second-order valence-electron chi connectivity index (χ2n) is 5.00. The molecule has 1 amide bonds. The number of nitrogen functional groups attached to an aromatic ring is 1. The average molecular weight is 287 g/mol. The Labute approximate surface area is 125 Å². The topological polar surface area (TPSA) is 58.8 Å². The molecular weight excluding hydrogens is 266 g/mol. The minimum absolute atomic E-state index is 0.0105. The highest BCUT2D eigenvalue weighted by Crippen LogP contribution is 2.20. The SMILES string of the molecule is C#CCN1CCN(C(=O)c2cc(N)cc(OCC)c2)CC1. The van der Waals surface area contributed by atoms with Crippen molar-refractivity contribution in [1.82, 2.24) is 9.80 Å². The van der Waals surface area contributed by atoms with Crippen LogP contribution in [0.5, 0.6) is 5.75 Å². The molecule has 2 rings (SSSR count). The van der Waals surface area contributed by atoms with Crippen LogP contribution in [0, 0.1) is 12.3 Å². The molecule has 0 spiro atoms. The maximum Gasteiger partial charge on any atom is 0.254 e. The molecule has 5 nitrogen and oxygen atoms in total. The second-order valence-corrected chi connectivity index (χ2v) is 5.00. The molecule has 0 bridgehead atoms. The van der Waals surface area contributed by atoms with E-state index in [4.69, 9.17) is 16.9 Å². The fraction of sp³-hybridized carbons (Fsp3) is 0.438. The highest BCUT2D eigenvalue weighted by Gasteiger charge is 2.22. The normalized spacial score (nSPS) is 15.5. The van der Waals surface area contributed by atoms with Crippen molar-refractivity contribution in [2.75, 3.05) is 45.1 Å². The predicted molar refractivity (Wildman–Crippen MR) is 83.2 cm³/mol. The van der Waals surface area contributed by atoms with Gasteiger partial charge in [0.2, 0.25) is 0 Å². The Morgan fingerprint density at radius 3 is 2.67 bits per heavy atom. The Kier molecular flexibility index (Phi) is 5.07. The molecule has 0 aliphatic carbocycles. The number of carbonyl (C=O) groups is 1. The molecule has 1 aliphatic rings.